The summed E-state index contributed by atoms with van der Waals surface area (Å²) < 4.78 is 11.2. The molecular weight excluding hydrogens is 230 g/mol. The van der Waals surface area contributed by atoms with Crippen LogP contribution in [0.25, 0.3) is 0 Å². The van der Waals surface area contributed by atoms with Crippen molar-refractivity contribution in [1.29, 1.82) is 0 Å². The maximum atomic E-state index is 12.4. The van der Waals surface area contributed by atoms with Gasteiger partial charge in [-0.3, -0.25) is 4.79 Å². The molecule has 0 aromatic rings. The molecule has 4 heteroatoms. The summed E-state index contributed by atoms with van der Waals surface area (Å²) in [5, 5.41) is 0. The second kappa shape index (κ2) is 5.02. The van der Waals surface area contributed by atoms with Gasteiger partial charge in [0.1, 0.15) is 0 Å². The van der Waals surface area contributed by atoms with Crippen LogP contribution in [0, 0.1) is 0 Å². The number of methoxy groups -OCH3 is 1. The number of carbonyl (C=O) groups excluding carboxylic acids is 1. The Morgan fingerprint density at radius 1 is 1.33 bits per heavy atom. The Morgan fingerprint density at radius 2 is 2.17 bits per heavy atom. The normalized spacial score (nSPS) is 32.3. The first-order chi connectivity index (χ1) is 8.81. The molecule has 0 saturated carbocycles. The molecule has 0 N–H and O–H groups in total. The lowest BCUT2D eigenvalue weighted by atomic mass is 9.93. The minimum atomic E-state index is -0.128. The van der Waals surface area contributed by atoms with Crippen LogP contribution in [-0.4, -0.2) is 43.4 Å². The molecule has 1 saturated heterocycles. The van der Waals surface area contributed by atoms with Gasteiger partial charge < -0.3 is 14.4 Å². The van der Waals surface area contributed by atoms with Crippen LogP contribution in [0.5, 0.6) is 0 Å². The SMILES string of the molecule is CO[C@@H]1C2=C(CCCC2)C(=O)N1C[C@H]1CCCO1. The number of ether oxygens (including phenoxy) is 2. The van der Waals surface area contributed by atoms with Crippen molar-refractivity contribution in [2.24, 2.45) is 0 Å². The second-order valence-electron chi connectivity index (χ2n) is 5.39. The third-order valence-corrected chi connectivity index (χ3v) is 4.26. The van der Waals surface area contributed by atoms with Crippen molar-refractivity contribution in [2.75, 3.05) is 20.3 Å². The number of rotatable bonds is 3. The van der Waals surface area contributed by atoms with E-state index in [0.717, 1.165) is 44.3 Å². The van der Waals surface area contributed by atoms with Crippen LogP contribution in [0.1, 0.15) is 38.5 Å². The van der Waals surface area contributed by atoms with E-state index in [4.69, 9.17) is 9.47 Å². The zero-order valence-electron chi connectivity index (χ0n) is 11.0. The monoisotopic (exact) mass is 251 g/mol. The fourth-order valence-corrected chi connectivity index (χ4v) is 3.37. The highest BCUT2D eigenvalue weighted by atomic mass is 16.5. The molecule has 0 unspecified atom stereocenters. The molecule has 3 aliphatic rings. The molecular formula is C14H21NO3. The van der Waals surface area contributed by atoms with E-state index in [0.29, 0.717) is 6.54 Å². The van der Waals surface area contributed by atoms with Crippen molar-refractivity contribution >= 4 is 5.91 Å². The largest absolute Gasteiger partial charge is 0.376 e. The predicted molar refractivity (Wildman–Crippen MR) is 67.0 cm³/mol. The van der Waals surface area contributed by atoms with Crippen molar-refractivity contribution in [1.82, 2.24) is 4.90 Å². The molecule has 1 amide bonds. The highest BCUT2D eigenvalue weighted by Crippen LogP contribution is 2.37. The number of carbonyl (C=O) groups is 1. The van der Waals surface area contributed by atoms with Gasteiger partial charge in [-0.25, -0.2) is 0 Å². The minimum absolute atomic E-state index is 0.128. The standard InChI is InChI=1S/C14H21NO3/c1-17-14-12-7-3-2-6-11(12)13(16)15(14)9-10-5-4-8-18-10/h10,14H,2-9H2,1H3/t10-,14-/m1/s1. The average Bonchev–Trinajstić information content (AvgIpc) is 2.99. The number of nitrogens with zero attached hydrogens (tertiary/aromatic N) is 1. The fourth-order valence-electron chi connectivity index (χ4n) is 3.37. The number of hydrogen-bond donors (Lipinski definition) is 0. The molecule has 1 fully saturated rings. The topological polar surface area (TPSA) is 38.8 Å². The van der Waals surface area contributed by atoms with Gasteiger partial charge in [-0.2, -0.15) is 0 Å². The number of amides is 1. The van der Waals surface area contributed by atoms with Crippen molar-refractivity contribution in [2.45, 2.75) is 50.9 Å². The summed E-state index contributed by atoms with van der Waals surface area (Å²) in [7, 11) is 1.70. The Balaban J connectivity index is 1.76. The first-order valence-corrected chi connectivity index (χ1v) is 6.98. The Morgan fingerprint density at radius 3 is 2.89 bits per heavy atom. The first-order valence-electron chi connectivity index (χ1n) is 6.98. The minimum Gasteiger partial charge on any atom is -0.376 e. The summed E-state index contributed by atoms with van der Waals surface area (Å²) in [5.74, 6) is 0.187. The molecule has 2 aliphatic heterocycles. The van der Waals surface area contributed by atoms with Gasteiger partial charge in [-0.1, -0.05) is 0 Å². The molecule has 2 atom stereocenters. The molecule has 4 nitrogen and oxygen atoms in total. The van der Waals surface area contributed by atoms with Gasteiger partial charge in [-0.15, -0.1) is 0 Å². The quantitative estimate of drug-likeness (QED) is 0.768. The van der Waals surface area contributed by atoms with E-state index >= 15 is 0 Å². The zero-order valence-corrected chi connectivity index (χ0v) is 11.0. The lowest BCUT2D eigenvalue weighted by molar-refractivity contribution is -0.136. The highest BCUT2D eigenvalue weighted by Gasteiger charge is 2.41. The third-order valence-electron chi connectivity index (χ3n) is 4.26. The molecule has 1 aliphatic carbocycles. The van der Waals surface area contributed by atoms with E-state index in [1.807, 2.05) is 4.90 Å². The lowest BCUT2D eigenvalue weighted by Gasteiger charge is -2.28. The van der Waals surface area contributed by atoms with Crippen molar-refractivity contribution in [3.8, 4) is 0 Å². The van der Waals surface area contributed by atoms with E-state index in [1.165, 1.54) is 12.0 Å². The maximum Gasteiger partial charge on any atom is 0.252 e. The van der Waals surface area contributed by atoms with Gasteiger partial charge in [0.25, 0.3) is 5.91 Å². The highest BCUT2D eigenvalue weighted by molar-refractivity contribution is 5.97. The smallest absolute Gasteiger partial charge is 0.252 e. The average molecular weight is 251 g/mol. The molecule has 0 bridgehead atoms. The van der Waals surface area contributed by atoms with E-state index in [-0.39, 0.29) is 18.2 Å². The summed E-state index contributed by atoms with van der Waals surface area (Å²) >= 11 is 0. The molecule has 0 aromatic heterocycles. The van der Waals surface area contributed by atoms with E-state index < -0.39 is 0 Å². The van der Waals surface area contributed by atoms with Crippen molar-refractivity contribution in [3.63, 3.8) is 0 Å². The Labute approximate surface area is 108 Å². The van der Waals surface area contributed by atoms with Gasteiger partial charge in [0, 0.05) is 19.3 Å². The van der Waals surface area contributed by atoms with Gasteiger partial charge in [0.15, 0.2) is 6.23 Å². The Kier molecular flexibility index (Phi) is 3.39. The summed E-state index contributed by atoms with van der Waals surface area (Å²) in [6.45, 7) is 1.52. The summed E-state index contributed by atoms with van der Waals surface area (Å²) in [5.41, 5.74) is 2.25. The van der Waals surface area contributed by atoms with Crippen LogP contribution in [-0.2, 0) is 14.3 Å². The molecule has 2 heterocycles. The number of hydrogen-bond acceptors (Lipinski definition) is 3. The summed E-state index contributed by atoms with van der Waals surface area (Å²) in [4.78, 5) is 14.3. The van der Waals surface area contributed by atoms with Crippen LogP contribution in [0.15, 0.2) is 11.1 Å². The molecule has 18 heavy (non-hydrogen) atoms. The third kappa shape index (κ3) is 1.97. The lowest BCUT2D eigenvalue weighted by Crippen LogP contribution is -2.41. The summed E-state index contributed by atoms with van der Waals surface area (Å²) in [6.07, 6.45) is 6.50. The Bertz CT molecular complexity index is 371. The predicted octanol–water partition coefficient (Wildman–Crippen LogP) is 1.85. The van der Waals surface area contributed by atoms with Crippen molar-refractivity contribution in [3.05, 3.63) is 11.1 Å². The molecule has 0 spiro atoms. The molecule has 100 valence electrons. The Hall–Kier alpha value is -0.870. The molecule has 3 rings (SSSR count). The first kappa shape index (κ1) is 12.2. The van der Waals surface area contributed by atoms with Crippen LogP contribution in [0.2, 0.25) is 0 Å². The zero-order chi connectivity index (χ0) is 12.5. The van der Waals surface area contributed by atoms with Gasteiger partial charge in [0.05, 0.1) is 12.6 Å². The summed E-state index contributed by atoms with van der Waals surface area (Å²) in [6, 6.07) is 0. The van der Waals surface area contributed by atoms with Crippen molar-refractivity contribution < 1.29 is 14.3 Å². The second-order valence-corrected chi connectivity index (χ2v) is 5.39. The van der Waals surface area contributed by atoms with Crippen LogP contribution in [0.3, 0.4) is 0 Å². The van der Waals surface area contributed by atoms with Gasteiger partial charge in [-0.05, 0) is 44.1 Å². The fraction of sp³-hybridized carbons (Fsp3) is 0.786. The van der Waals surface area contributed by atoms with Crippen LogP contribution < -0.4 is 0 Å². The van der Waals surface area contributed by atoms with Crippen LogP contribution in [0.4, 0.5) is 0 Å². The van der Waals surface area contributed by atoms with E-state index in [2.05, 4.69) is 0 Å². The van der Waals surface area contributed by atoms with Gasteiger partial charge in [0.2, 0.25) is 0 Å². The van der Waals surface area contributed by atoms with Gasteiger partial charge >= 0.3 is 0 Å². The van der Waals surface area contributed by atoms with Crippen LogP contribution >= 0.6 is 0 Å². The molecule has 0 radical (unpaired) electrons. The molecule has 0 aromatic carbocycles. The maximum absolute atomic E-state index is 12.4. The van der Waals surface area contributed by atoms with E-state index in [1.54, 1.807) is 7.11 Å². The van der Waals surface area contributed by atoms with E-state index in [9.17, 15) is 4.79 Å².